The van der Waals surface area contributed by atoms with Crippen LogP contribution in [-0.4, -0.2) is 28.7 Å². The predicted octanol–water partition coefficient (Wildman–Crippen LogP) is 1.75. The molecular formula is C16H17BrN4O3. The van der Waals surface area contributed by atoms with E-state index >= 15 is 0 Å². The van der Waals surface area contributed by atoms with Gasteiger partial charge < -0.3 is 10.3 Å². The number of carbonyl (C=O) groups is 3. The summed E-state index contributed by atoms with van der Waals surface area (Å²) in [5, 5.41) is 2.72. The van der Waals surface area contributed by atoms with E-state index in [0.29, 0.717) is 11.3 Å². The summed E-state index contributed by atoms with van der Waals surface area (Å²) in [6, 6.07) is 9.94. The Hall–Kier alpha value is -2.61. The number of halogens is 1. The molecule has 24 heavy (non-hydrogen) atoms. The second kappa shape index (κ2) is 8.30. The van der Waals surface area contributed by atoms with E-state index in [1.54, 1.807) is 43.5 Å². The Morgan fingerprint density at radius 1 is 1.12 bits per heavy atom. The van der Waals surface area contributed by atoms with E-state index in [-0.39, 0.29) is 18.4 Å². The highest BCUT2D eigenvalue weighted by molar-refractivity contribution is 9.10. The molecule has 2 rings (SSSR count). The molecule has 0 spiro atoms. The molecule has 0 aliphatic carbocycles. The van der Waals surface area contributed by atoms with Crippen molar-refractivity contribution in [3.63, 3.8) is 0 Å². The van der Waals surface area contributed by atoms with Gasteiger partial charge in [-0.2, -0.15) is 0 Å². The summed E-state index contributed by atoms with van der Waals surface area (Å²) in [4.78, 5) is 38.3. The summed E-state index contributed by atoms with van der Waals surface area (Å²) in [5.41, 5.74) is 5.44. The second-order valence-electron chi connectivity index (χ2n) is 5.18. The molecule has 8 heteroatoms. The van der Waals surface area contributed by atoms with Crippen molar-refractivity contribution in [3.8, 4) is 0 Å². The molecule has 0 bridgehead atoms. The normalized spacial score (nSPS) is 11.4. The zero-order chi connectivity index (χ0) is 17.5. The van der Waals surface area contributed by atoms with Gasteiger partial charge in [0.15, 0.2) is 0 Å². The number of benzene rings is 1. The van der Waals surface area contributed by atoms with Gasteiger partial charge in [-0.3, -0.25) is 25.2 Å². The van der Waals surface area contributed by atoms with Crippen LogP contribution >= 0.6 is 15.9 Å². The quantitative estimate of drug-likeness (QED) is 0.582. The van der Waals surface area contributed by atoms with Crippen LogP contribution in [0.4, 0.5) is 0 Å². The largest absolute Gasteiger partial charge is 0.356 e. The number of aromatic nitrogens is 1. The number of hydrogen-bond donors (Lipinski definition) is 4. The fourth-order valence-corrected chi connectivity index (χ4v) is 2.31. The molecule has 1 atom stereocenters. The molecule has 0 fully saturated rings. The third kappa shape index (κ3) is 5.24. The molecule has 1 aromatic heterocycles. The summed E-state index contributed by atoms with van der Waals surface area (Å²) in [5.74, 6) is -1.12. The maximum atomic E-state index is 12.0. The van der Waals surface area contributed by atoms with Crippen molar-refractivity contribution in [2.24, 2.45) is 0 Å². The number of nitrogens with one attached hydrogen (secondary N) is 4. The Balaban J connectivity index is 1.75. The van der Waals surface area contributed by atoms with Crippen molar-refractivity contribution >= 4 is 33.7 Å². The van der Waals surface area contributed by atoms with Crippen molar-refractivity contribution in [2.75, 3.05) is 0 Å². The van der Waals surface area contributed by atoms with E-state index in [1.807, 2.05) is 6.07 Å². The van der Waals surface area contributed by atoms with E-state index in [9.17, 15) is 14.4 Å². The van der Waals surface area contributed by atoms with E-state index in [4.69, 9.17) is 0 Å². The lowest BCUT2D eigenvalue weighted by Gasteiger charge is -2.14. The number of amides is 3. The molecule has 4 N–H and O–H groups in total. The highest BCUT2D eigenvalue weighted by Crippen LogP contribution is 2.09. The van der Waals surface area contributed by atoms with E-state index in [1.165, 1.54) is 0 Å². The van der Waals surface area contributed by atoms with Gasteiger partial charge in [-0.25, -0.2) is 0 Å². The van der Waals surface area contributed by atoms with Crippen molar-refractivity contribution < 1.29 is 14.4 Å². The minimum absolute atomic E-state index is 0.0350. The van der Waals surface area contributed by atoms with E-state index < -0.39 is 11.8 Å². The first-order chi connectivity index (χ1) is 11.5. The molecule has 1 heterocycles. The maximum Gasteiger partial charge on any atom is 0.286 e. The first-order valence-corrected chi connectivity index (χ1v) is 8.04. The molecule has 2 aromatic rings. The predicted molar refractivity (Wildman–Crippen MR) is 92.1 cm³/mol. The van der Waals surface area contributed by atoms with E-state index in [2.05, 4.69) is 37.1 Å². The monoisotopic (exact) mass is 392 g/mol. The Morgan fingerprint density at radius 3 is 2.46 bits per heavy atom. The first kappa shape index (κ1) is 17.7. The molecule has 1 unspecified atom stereocenters. The Morgan fingerprint density at radius 2 is 1.83 bits per heavy atom. The number of carbonyl (C=O) groups excluding carboxylic acids is 3. The van der Waals surface area contributed by atoms with Gasteiger partial charge in [-0.1, -0.05) is 18.2 Å². The molecule has 0 aliphatic rings. The Kier molecular flexibility index (Phi) is 6.14. The molecule has 126 valence electrons. The highest BCUT2D eigenvalue weighted by Gasteiger charge is 2.14. The van der Waals surface area contributed by atoms with Gasteiger partial charge in [0, 0.05) is 28.7 Å². The van der Waals surface area contributed by atoms with Gasteiger partial charge in [-0.05, 0) is 41.1 Å². The molecule has 3 amide bonds. The lowest BCUT2D eigenvalue weighted by Crippen LogP contribution is -2.44. The Labute approximate surface area is 147 Å². The maximum absolute atomic E-state index is 12.0. The fraction of sp³-hybridized carbons (Fsp3) is 0.188. The van der Waals surface area contributed by atoms with E-state index in [0.717, 1.165) is 4.47 Å². The minimum atomic E-state index is -0.463. The van der Waals surface area contributed by atoms with Crippen LogP contribution in [0.25, 0.3) is 0 Å². The molecule has 0 saturated carbocycles. The summed E-state index contributed by atoms with van der Waals surface area (Å²) in [7, 11) is 0. The molecule has 0 aliphatic heterocycles. The lowest BCUT2D eigenvalue weighted by atomic mass is 10.2. The van der Waals surface area contributed by atoms with Crippen LogP contribution in [0.5, 0.6) is 0 Å². The van der Waals surface area contributed by atoms with Gasteiger partial charge in [0.2, 0.25) is 5.91 Å². The van der Waals surface area contributed by atoms with Crippen LogP contribution < -0.4 is 16.2 Å². The van der Waals surface area contributed by atoms with Crippen molar-refractivity contribution in [1.29, 1.82) is 0 Å². The van der Waals surface area contributed by atoms with Crippen LogP contribution in [0.15, 0.2) is 47.1 Å². The van der Waals surface area contributed by atoms with Gasteiger partial charge in [0.25, 0.3) is 11.8 Å². The van der Waals surface area contributed by atoms with Crippen LogP contribution in [0, 0.1) is 0 Å². The zero-order valence-electron chi connectivity index (χ0n) is 12.9. The van der Waals surface area contributed by atoms with Crippen molar-refractivity contribution in [1.82, 2.24) is 21.2 Å². The van der Waals surface area contributed by atoms with Gasteiger partial charge in [-0.15, -0.1) is 0 Å². The van der Waals surface area contributed by atoms with Crippen molar-refractivity contribution in [3.05, 3.63) is 58.3 Å². The highest BCUT2D eigenvalue weighted by atomic mass is 79.9. The molecular weight excluding hydrogens is 376 g/mol. The summed E-state index contributed by atoms with van der Waals surface area (Å²) in [6.45, 7) is 1.71. The molecule has 7 nitrogen and oxygen atoms in total. The molecule has 0 saturated heterocycles. The standard InChI is InChI=1S/C16H17BrN4O3/c1-10(19-15(23)11-5-3-2-4-6-11)7-14(22)20-21-16(24)13-8-12(17)9-18-13/h2-6,8-10,18H,7H2,1H3,(H,19,23)(H,20,22)(H,21,24). The first-order valence-electron chi connectivity index (χ1n) is 7.24. The number of H-pyrrole nitrogens is 1. The van der Waals surface area contributed by atoms with Gasteiger partial charge >= 0.3 is 0 Å². The summed E-state index contributed by atoms with van der Waals surface area (Å²) in [6.07, 6.45) is 1.64. The number of hydrogen-bond acceptors (Lipinski definition) is 3. The van der Waals surface area contributed by atoms with Crippen molar-refractivity contribution in [2.45, 2.75) is 19.4 Å². The second-order valence-corrected chi connectivity index (χ2v) is 6.09. The SMILES string of the molecule is CC(CC(=O)NNC(=O)c1cc(Br)c[nH]1)NC(=O)c1ccccc1. The number of rotatable bonds is 5. The topological polar surface area (TPSA) is 103 Å². The summed E-state index contributed by atoms with van der Waals surface area (Å²) < 4.78 is 0.733. The van der Waals surface area contributed by atoms with Crippen LogP contribution in [-0.2, 0) is 4.79 Å². The third-order valence-corrected chi connectivity index (χ3v) is 3.57. The van der Waals surface area contributed by atoms with Crippen LogP contribution in [0.1, 0.15) is 34.2 Å². The number of aromatic amines is 1. The minimum Gasteiger partial charge on any atom is -0.356 e. The number of hydrazine groups is 1. The molecule has 0 radical (unpaired) electrons. The Bertz CT molecular complexity index is 730. The van der Waals surface area contributed by atoms with Gasteiger partial charge in [0.05, 0.1) is 0 Å². The van der Waals surface area contributed by atoms with Gasteiger partial charge in [0.1, 0.15) is 5.69 Å². The van der Waals surface area contributed by atoms with Crippen LogP contribution in [0.2, 0.25) is 0 Å². The smallest absolute Gasteiger partial charge is 0.286 e. The molecule has 1 aromatic carbocycles. The fourth-order valence-electron chi connectivity index (χ4n) is 1.97. The summed E-state index contributed by atoms with van der Waals surface area (Å²) >= 11 is 3.22. The lowest BCUT2D eigenvalue weighted by molar-refractivity contribution is -0.122. The van der Waals surface area contributed by atoms with Crippen LogP contribution in [0.3, 0.4) is 0 Å². The zero-order valence-corrected chi connectivity index (χ0v) is 14.5. The average molecular weight is 393 g/mol. The average Bonchev–Trinajstić information content (AvgIpc) is 3.00. The third-order valence-electron chi connectivity index (χ3n) is 3.11.